The van der Waals surface area contributed by atoms with Crippen LogP contribution in [0, 0.1) is 5.92 Å². The number of amides is 1. The lowest BCUT2D eigenvalue weighted by molar-refractivity contribution is 0.0910. The van der Waals surface area contributed by atoms with E-state index in [1.54, 1.807) is 19.2 Å². The summed E-state index contributed by atoms with van der Waals surface area (Å²) in [6.45, 7) is 10.1. The third kappa shape index (κ3) is 5.78. The van der Waals surface area contributed by atoms with Crippen molar-refractivity contribution >= 4 is 17.5 Å². The number of piperidine rings is 1. The van der Waals surface area contributed by atoms with Crippen LogP contribution >= 0.6 is 11.6 Å². The maximum absolute atomic E-state index is 12.6. The van der Waals surface area contributed by atoms with E-state index in [2.05, 4.69) is 31.0 Å². The van der Waals surface area contributed by atoms with E-state index in [4.69, 9.17) is 21.1 Å². The molecule has 1 heterocycles. The van der Waals surface area contributed by atoms with E-state index >= 15 is 0 Å². The van der Waals surface area contributed by atoms with Gasteiger partial charge in [0.1, 0.15) is 0 Å². The summed E-state index contributed by atoms with van der Waals surface area (Å²) in [5.41, 5.74) is 0.500. The molecule has 1 fully saturated rings. The number of hydrogen-bond donors (Lipinski definition) is 1. The van der Waals surface area contributed by atoms with Crippen molar-refractivity contribution in [3.63, 3.8) is 0 Å². The second-order valence-electron chi connectivity index (χ2n) is 7.28. The first-order valence-electron chi connectivity index (χ1n) is 9.48. The fraction of sp³-hybridized carbons (Fsp3) is 0.650. The highest BCUT2D eigenvalue weighted by Gasteiger charge is 2.22. The molecule has 1 aliphatic heterocycles. The van der Waals surface area contributed by atoms with Crippen molar-refractivity contribution in [3.05, 3.63) is 22.7 Å². The van der Waals surface area contributed by atoms with Gasteiger partial charge in [-0.05, 0) is 43.9 Å². The Balaban J connectivity index is 2.01. The van der Waals surface area contributed by atoms with Crippen LogP contribution in [-0.2, 0) is 0 Å². The van der Waals surface area contributed by atoms with Gasteiger partial charge in [-0.15, -0.1) is 0 Å². The molecule has 1 aromatic carbocycles. The molecule has 1 aliphatic rings. The number of ether oxygens (including phenoxy) is 2. The average molecular weight is 383 g/mol. The van der Waals surface area contributed by atoms with E-state index in [9.17, 15) is 4.79 Å². The molecule has 0 aromatic heterocycles. The smallest absolute Gasteiger partial charge is 0.251 e. The standard InChI is InChI=1S/C20H31ClN2O3/c1-5-8-23-9-6-16(7-10-23)22-20(24)15-11-17(21)19(18(12-15)25-4)26-13-14(2)3/h11-12,14,16H,5-10,13H2,1-4H3,(H,22,24). The quantitative estimate of drug-likeness (QED) is 0.738. The van der Waals surface area contributed by atoms with Gasteiger partial charge >= 0.3 is 0 Å². The van der Waals surface area contributed by atoms with Crippen LogP contribution in [0.25, 0.3) is 0 Å². The molecule has 0 saturated carbocycles. The Morgan fingerprint density at radius 1 is 1.35 bits per heavy atom. The van der Waals surface area contributed by atoms with Crippen molar-refractivity contribution in [1.82, 2.24) is 10.2 Å². The highest BCUT2D eigenvalue weighted by molar-refractivity contribution is 6.32. The minimum absolute atomic E-state index is 0.116. The van der Waals surface area contributed by atoms with E-state index in [-0.39, 0.29) is 11.9 Å². The van der Waals surface area contributed by atoms with Gasteiger partial charge in [0.2, 0.25) is 0 Å². The summed E-state index contributed by atoms with van der Waals surface area (Å²) in [6, 6.07) is 3.56. The third-order valence-electron chi connectivity index (χ3n) is 4.52. The lowest BCUT2D eigenvalue weighted by Gasteiger charge is -2.32. The Kier molecular flexibility index (Phi) is 8.04. The molecule has 26 heavy (non-hydrogen) atoms. The van der Waals surface area contributed by atoms with E-state index in [1.807, 2.05) is 0 Å². The Hall–Kier alpha value is -1.46. The topological polar surface area (TPSA) is 50.8 Å². The minimum atomic E-state index is -0.116. The number of carbonyl (C=O) groups excluding carboxylic acids is 1. The molecular weight excluding hydrogens is 352 g/mol. The number of likely N-dealkylation sites (tertiary alicyclic amines) is 1. The second-order valence-corrected chi connectivity index (χ2v) is 7.69. The molecule has 0 spiro atoms. The van der Waals surface area contributed by atoms with E-state index < -0.39 is 0 Å². The van der Waals surface area contributed by atoms with Crippen LogP contribution in [0.15, 0.2) is 12.1 Å². The summed E-state index contributed by atoms with van der Waals surface area (Å²) in [4.78, 5) is 15.1. The van der Waals surface area contributed by atoms with Crippen LogP contribution in [-0.4, -0.2) is 50.2 Å². The average Bonchev–Trinajstić information content (AvgIpc) is 2.61. The van der Waals surface area contributed by atoms with Crippen molar-refractivity contribution in [1.29, 1.82) is 0 Å². The summed E-state index contributed by atoms with van der Waals surface area (Å²) in [5.74, 6) is 1.24. The maximum Gasteiger partial charge on any atom is 0.251 e. The molecule has 1 aromatic rings. The Morgan fingerprint density at radius 2 is 2.04 bits per heavy atom. The second kappa shape index (κ2) is 10.0. The Bertz CT molecular complexity index is 599. The Labute approximate surface area is 162 Å². The van der Waals surface area contributed by atoms with Crippen LogP contribution < -0.4 is 14.8 Å². The first-order chi connectivity index (χ1) is 12.4. The molecule has 1 N–H and O–H groups in total. The fourth-order valence-corrected chi connectivity index (χ4v) is 3.39. The maximum atomic E-state index is 12.6. The van der Waals surface area contributed by atoms with Gasteiger partial charge in [0.15, 0.2) is 11.5 Å². The third-order valence-corrected chi connectivity index (χ3v) is 4.80. The highest BCUT2D eigenvalue weighted by Crippen LogP contribution is 2.36. The minimum Gasteiger partial charge on any atom is -0.493 e. The summed E-state index contributed by atoms with van der Waals surface area (Å²) < 4.78 is 11.1. The number of nitrogens with zero attached hydrogens (tertiary/aromatic N) is 1. The highest BCUT2D eigenvalue weighted by atomic mass is 35.5. The van der Waals surface area contributed by atoms with Crippen molar-refractivity contribution in [2.45, 2.75) is 46.1 Å². The molecule has 1 saturated heterocycles. The number of halogens is 1. The van der Waals surface area contributed by atoms with Crippen molar-refractivity contribution in [2.75, 3.05) is 33.4 Å². The number of benzene rings is 1. The monoisotopic (exact) mass is 382 g/mol. The summed E-state index contributed by atoms with van der Waals surface area (Å²) in [7, 11) is 1.55. The van der Waals surface area contributed by atoms with Crippen LogP contribution in [0.3, 0.4) is 0 Å². The number of rotatable bonds is 8. The van der Waals surface area contributed by atoms with Gasteiger partial charge in [-0.2, -0.15) is 0 Å². The normalized spacial score (nSPS) is 15.9. The summed E-state index contributed by atoms with van der Waals surface area (Å²) in [6.07, 6.45) is 3.12. The molecule has 2 rings (SSSR count). The molecule has 0 aliphatic carbocycles. The number of methoxy groups -OCH3 is 1. The van der Waals surface area contributed by atoms with Crippen molar-refractivity contribution in [2.24, 2.45) is 5.92 Å². The van der Waals surface area contributed by atoms with Gasteiger partial charge in [-0.3, -0.25) is 4.79 Å². The van der Waals surface area contributed by atoms with Crippen LogP contribution in [0.2, 0.25) is 5.02 Å². The Morgan fingerprint density at radius 3 is 2.62 bits per heavy atom. The van der Waals surface area contributed by atoms with Gasteiger partial charge in [0.25, 0.3) is 5.91 Å². The molecule has 0 bridgehead atoms. The molecule has 5 nitrogen and oxygen atoms in total. The molecule has 0 radical (unpaired) electrons. The van der Waals surface area contributed by atoms with E-state index in [0.29, 0.717) is 34.6 Å². The number of nitrogens with one attached hydrogen (secondary N) is 1. The molecule has 1 amide bonds. The molecule has 0 unspecified atom stereocenters. The van der Waals surface area contributed by atoms with Gasteiger partial charge < -0.3 is 19.7 Å². The van der Waals surface area contributed by atoms with Crippen molar-refractivity contribution < 1.29 is 14.3 Å². The van der Waals surface area contributed by atoms with Crippen LogP contribution in [0.1, 0.15) is 50.4 Å². The lowest BCUT2D eigenvalue weighted by atomic mass is 10.0. The van der Waals surface area contributed by atoms with Gasteiger partial charge in [0, 0.05) is 24.7 Å². The zero-order valence-corrected chi connectivity index (χ0v) is 17.1. The van der Waals surface area contributed by atoms with Gasteiger partial charge in [-0.1, -0.05) is 32.4 Å². The molecule has 146 valence electrons. The predicted octanol–water partition coefficient (Wildman–Crippen LogP) is 3.99. The molecule has 6 heteroatoms. The first kappa shape index (κ1) is 20.8. The van der Waals surface area contributed by atoms with Crippen LogP contribution in [0.4, 0.5) is 0 Å². The predicted molar refractivity (Wildman–Crippen MR) is 106 cm³/mol. The zero-order valence-electron chi connectivity index (χ0n) is 16.3. The molecule has 0 atom stereocenters. The van der Waals surface area contributed by atoms with Crippen molar-refractivity contribution in [3.8, 4) is 11.5 Å². The lowest BCUT2D eigenvalue weighted by Crippen LogP contribution is -2.44. The first-order valence-corrected chi connectivity index (χ1v) is 9.85. The van der Waals surface area contributed by atoms with Crippen LogP contribution in [0.5, 0.6) is 11.5 Å². The van der Waals surface area contributed by atoms with E-state index in [1.165, 1.54) is 6.42 Å². The zero-order chi connectivity index (χ0) is 19.1. The summed E-state index contributed by atoms with van der Waals surface area (Å²) >= 11 is 6.35. The molecular formula is C20H31ClN2O3. The number of hydrogen-bond acceptors (Lipinski definition) is 4. The van der Waals surface area contributed by atoms with Gasteiger partial charge in [0.05, 0.1) is 18.7 Å². The van der Waals surface area contributed by atoms with Gasteiger partial charge in [-0.25, -0.2) is 0 Å². The number of carbonyl (C=O) groups is 1. The van der Waals surface area contributed by atoms with E-state index in [0.717, 1.165) is 32.5 Å². The fourth-order valence-electron chi connectivity index (χ4n) is 3.13. The largest absolute Gasteiger partial charge is 0.493 e. The SMILES string of the molecule is CCCN1CCC(NC(=O)c2cc(Cl)c(OCC(C)C)c(OC)c2)CC1. The summed E-state index contributed by atoms with van der Waals surface area (Å²) in [5, 5.41) is 3.52.